The highest BCUT2D eigenvalue weighted by atomic mass is 19.1. The van der Waals surface area contributed by atoms with Crippen molar-refractivity contribution in [1.29, 1.82) is 0 Å². The predicted octanol–water partition coefficient (Wildman–Crippen LogP) is 0.817. The second kappa shape index (κ2) is 6.84. The van der Waals surface area contributed by atoms with Gasteiger partial charge in [0.2, 0.25) is 11.8 Å². The molecule has 3 N–H and O–H groups in total. The fraction of sp³-hybridized carbons (Fsp3) is 0.385. The standard InChI is InChI=1S/C13H18FN3O2/c1-9(7-15)13(19)17(2)8-12(18)16-11-5-3-4-10(14)6-11/h3-6,9H,7-8,15H2,1-2H3,(H,16,18). The largest absolute Gasteiger partial charge is 0.336 e. The number of benzene rings is 1. The van der Waals surface area contributed by atoms with E-state index in [0.29, 0.717) is 5.69 Å². The van der Waals surface area contributed by atoms with E-state index in [1.54, 1.807) is 13.0 Å². The van der Waals surface area contributed by atoms with E-state index in [0.717, 1.165) is 0 Å². The van der Waals surface area contributed by atoms with E-state index in [2.05, 4.69) is 5.32 Å². The van der Waals surface area contributed by atoms with Gasteiger partial charge in [0.1, 0.15) is 5.82 Å². The normalized spacial score (nSPS) is 11.8. The second-order valence-electron chi connectivity index (χ2n) is 4.39. The molecule has 2 amide bonds. The summed E-state index contributed by atoms with van der Waals surface area (Å²) < 4.78 is 12.9. The van der Waals surface area contributed by atoms with Crippen LogP contribution in [0.4, 0.5) is 10.1 Å². The molecule has 0 radical (unpaired) electrons. The van der Waals surface area contributed by atoms with E-state index >= 15 is 0 Å². The van der Waals surface area contributed by atoms with Gasteiger partial charge in [-0.2, -0.15) is 0 Å². The molecule has 1 rings (SSSR count). The molecule has 6 heteroatoms. The SMILES string of the molecule is CC(CN)C(=O)N(C)CC(=O)Nc1cccc(F)c1. The maximum absolute atomic E-state index is 12.9. The Bertz CT molecular complexity index is 465. The number of nitrogens with one attached hydrogen (secondary N) is 1. The summed E-state index contributed by atoms with van der Waals surface area (Å²) in [5.74, 6) is -1.34. The van der Waals surface area contributed by atoms with Gasteiger partial charge in [-0.05, 0) is 18.2 Å². The van der Waals surface area contributed by atoms with Gasteiger partial charge in [0.25, 0.3) is 0 Å². The molecule has 0 bridgehead atoms. The molecule has 0 aliphatic rings. The number of carbonyl (C=O) groups is 2. The first-order valence-corrected chi connectivity index (χ1v) is 5.94. The van der Waals surface area contributed by atoms with E-state index < -0.39 is 5.82 Å². The lowest BCUT2D eigenvalue weighted by molar-refractivity contribution is -0.136. The molecular weight excluding hydrogens is 249 g/mol. The van der Waals surface area contributed by atoms with Gasteiger partial charge in [-0.3, -0.25) is 9.59 Å². The molecule has 0 aromatic heterocycles. The summed E-state index contributed by atoms with van der Waals surface area (Å²) in [6.45, 7) is 1.83. The van der Waals surface area contributed by atoms with Gasteiger partial charge in [-0.1, -0.05) is 13.0 Å². The van der Waals surface area contributed by atoms with E-state index in [1.807, 2.05) is 0 Å². The molecule has 1 aromatic rings. The molecule has 0 spiro atoms. The minimum Gasteiger partial charge on any atom is -0.336 e. The number of hydrogen-bond acceptors (Lipinski definition) is 3. The van der Waals surface area contributed by atoms with Crippen LogP contribution in [0.15, 0.2) is 24.3 Å². The third-order valence-electron chi connectivity index (χ3n) is 2.64. The third-order valence-corrected chi connectivity index (χ3v) is 2.64. The van der Waals surface area contributed by atoms with Crippen molar-refractivity contribution in [3.8, 4) is 0 Å². The molecule has 0 fully saturated rings. The number of amides is 2. The lowest BCUT2D eigenvalue weighted by Crippen LogP contribution is -2.39. The van der Waals surface area contributed by atoms with Gasteiger partial charge in [0.05, 0.1) is 6.54 Å². The van der Waals surface area contributed by atoms with Crippen molar-refractivity contribution >= 4 is 17.5 Å². The number of rotatable bonds is 5. The molecule has 0 aliphatic carbocycles. The molecule has 5 nitrogen and oxygen atoms in total. The maximum atomic E-state index is 12.9. The van der Waals surface area contributed by atoms with E-state index in [1.165, 1.54) is 30.1 Å². The van der Waals surface area contributed by atoms with Gasteiger partial charge in [0.15, 0.2) is 0 Å². The number of hydrogen-bond donors (Lipinski definition) is 2. The molecule has 0 saturated heterocycles. The van der Waals surface area contributed by atoms with E-state index in [9.17, 15) is 14.0 Å². The fourth-order valence-corrected chi connectivity index (χ4v) is 1.54. The smallest absolute Gasteiger partial charge is 0.243 e. The second-order valence-corrected chi connectivity index (χ2v) is 4.39. The molecular formula is C13H18FN3O2. The Morgan fingerprint density at radius 3 is 2.74 bits per heavy atom. The van der Waals surface area contributed by atoms with Crippen LogP contribution in [-0.2, 0) is 9.59 Å². The van der Waals surface area contributed by atoms with Gasteiger partial charge >= 0.3 is 0 Å². The van der Waals surface area contributed by atoms with Crippen molar-refractivity contribution in [2.45, 2.75) is 6.92 Å². The highest BCUT2D eigenvalue weighted by Gasteiger charge is 2.18. The van der Waals surface area contributed by atoms with Crippen LogP contribution in [0.25, 0.3) is 0 Å². The lowest BCUT2D eigenvalue weighted by atomic mass is 10.1. The predicted molar refractivity (Wildman–Crippen MR) is 70.9 cm³/mol. The van der Waals surface area contributed by atoms with Crippen molar-refractivity contribution in [3.63, 3.8) is 0 Å². The average molecular weight is 267 g/mol. The monoisotopic (exact) mass is 267 g/mol. The molecule has 1 unspecified atom stereocenters. The third kappa shape index (κ3) is 4.67. The van der Waals surface area contributed by atoms with E-state index in [-0.39, 0.29) is 30.8 Å². The first-order valence-electron chi connectivity index (χ1n) is 5.94. The number of likely N-dealkylation sites (N-methyl/N-ethyl adjacent to an activating group) is 1. The van der Waals surface area contributed by atoms with Crippen LogP contribution in [0.1, 0.15) is 6.92 Å². The molecule has 1 aromatic carbocycles. The Hall–Kier alpha value is -1.95. The number of anilines is 1. The minimum absolute atomic E-state index is 0.0975. The quantitative estimate of drug-likeness (QED) is 0.829. The van der Waals surface area contributed by atoms with Gasteiger partial charge in [-0.25, -0.2) is 4.39 Å². The zero-order valence-corrected chi connectivity index (χ0v) is 11.0. The Morgan fingerprint density at radius 1 is 1.47 bits per heavy atom. The molecule has 0 heterocycles. The van der Waals surface area contributed by atoms with Crippen molar-refractivity contribution in [1.82, 2.24) is 4.90 Å². The Morgan fingerprint density at radius 2 is 2.16 bits per heavy atom. The maximum Gasteiger partial charge on any atom is 0.243 e. The van der Waals surface area contributed by atoms with Crippen LogP contribution in [-0.4, -0.2) is 36.9 Å². The summed E-state index contributed by atoms with van der Waals surface area (Å²) in [6.07, 6.45) is 0. The highest BCUT2D eigenvalue weighted by molar-refractivity contribution is 5.94. The summed E-state index contributed by atoms with van der Waals surface area (Å²) >= 11 is 0. The van der Waals surface area contributed by atoms with Crippen LogP contribution < -0.4 is 11.1 Å². The summed E-state index contributed by atoms with van der Waals surface area (Å²) in [6, 6.07) is 5.57. The zero-order valence-electron chi connectivity index (χ0n) is 11.0. The fourth-order valence-electron chi connectivity index (χ4n) is 1.54. The number of carbonyl (C=O) groups excluding carboxylic acids is 2. The van der Waals surface area contributed by atoms with Crippen LogP contribution in [0.5, 0.6) is 0 Å². The number of nitrogens with two attached hydrogens (primary N) is 1. The van der Waals surface area contributed by atoms with Crippen LogP contribution >= 0.6 is 0 Å². The molecule has 104 valence electrons. The first-order chi connectivity index (χ1) is 8.93. The highest BCUT2D eigenvalue weighted by Crippen LogP contribution is 2.09. The Kier molecular flexibility index (Phi) is 5.44. The topological polar surface area (TPSA) is 75.4 Å². The summed E-state index contributed by atoms with van der Waals surface area (Å²) in [7, 11) is 1.53. The van der Waals surface area contributed by atoms with Crippen LogP contribution in [0.2, 0.25) is 0 Å². The van der Waals surface area contributed by atoms with Crippen molar-refractivity contribution in [3.05, 3.63) is 30.1 Å². The van der Waals surface area contributed by atoms with Crippen LogP contribution in [0, 0.1) is 11.7 Å². The molecule has 1 atom stereocenters. The lowest BCUT2D eigenvalue weighted by Gasteiger charge is -2.20. The molecule has 0 aliphatic heterocycles. The number of halogens is 1. The summed E-state index contributed by atoms with van der Waals surface area (Å²) in [5.41, 5.74) is 5.75. The van der Waals surface area contributed by atoms with Gasteiger partial charge in [-0.15, -0.1) is 0 Å². The number of nitrogens with zero attached hydrogens (tertiary/aromatic N) is 1. The summed E-state index contributed by atoms with van der Waals surface area (Å²) in [5, 5.41) is 2.52. The average Bonchev–Trinajstić information content (AvgIpc) is 2.36. The molecule has 0 saturated carbocycles. The van der Waals surface area contributed by atoms with Crippen molar-refractivity contribution in [2.24, 2.45) is 11.7 Å². The zero-order chi connectivity index (χ0) is 14.4. The van der Waals surface area contributed by atoms with Crippen molar-refractivity contribution < 1.29 is 14.0 Å². The molecule has 19 heavy (non-hydrogen) atoms. The minimum atomic E-state index is -0.431. The van der Waals surface area contributed by atoms with Gasteiger partial charge < -0.3 is 16.0 Å². The summed E-state index contributed by atoms with van der Waals surface area (Å²) in [4.78, 5) is 24.7. The van der Waals surface area contributed by atoms with Crippen molar-refractivity contribution in [2.75, 3.05) is 25.5 Å². The Balaban J connectivity index is 2.54. The van der Waals surface area contributed by atoms with E-state index in [4.69, 9.17) is 5.73 Å². The Labute approximate surface area is 111 Å². The van der Waals surface area contributed by atoms with Crippen LogP contribution in [0.3, 0.4) is 0 Å². The van der Waals surface area contributed by atoms with Gasteiger partial charge in [0, 0.05) is 25.2 Å². The first kappa shape index (κ1) is 15.1.